The van der Waals surface area contributed by atoms with Crippen LogP contribution in [0.2, 0.25) is 0 Å². The largest absolute Gasteiger partial charge is 0.321 e. The van der Waals surface area contributed by atoms with E-state index in [-0.39, 0.29) is 12.5 Å². The summed E-state index contributed by atoms with van der Waals surface area (Å²) in [5.41, 5.74) is 5.43. The summed E-state index contributed by atoms with van der Waals surface area (Å²) in [6, 6.07) is 26.3. The van der Waals surface area contributed by atoms with E-state index in [1.165, 1.54) is 0 Å². The van der Waals surface area contributed by atoms with Gasteiger partial charge in [-0.1, -0.05) is 60.7 Å². The first-order valence-corrected chi connectivity index (χ1v) is 9.42. The third kappa shape index (κ3) is 3.23. The fraction of sp³-hybridized carbons (Fsp3) is 0.0417. The topological polar surface area (TPSA) is 59.3 Å². The molecule has 5 aromatic rings. The van der Waals surface area contributed by atoms with Crippen LogP contribution in [-0.4, -0.2) is 21.7 Å². The first-order chi connectivity index (χ1) is 14.3. The molecule has 5 heteroatoms. The van der Waals surface area contributed by atoms with Crippen molar-refractivity contribution in [1.29, 1.82) is 0 Å². The number of fused-ring (bicyclic) bond motifs is 3. The molecule has 0 aliphatic carbocycles. The molecule has 29 heavy (non-hydrogen) atoms. The number of amides is 1. The molecule has 1 aromatic heterocycles. The van der Waals surface area contributed by atoms with Crippen LogP contribution in [0.3, 0.4) is 0 Å². The number of carbonyl (C=O) groups excluding carboxylic acids is 1. The highest BCUT2D eigenvalue weighted by molar-refractivity contribution is 6.13. The zero-order valence-corrected chi connectivity index (χ0v) is 15.6. The van der Waals surface area contributed by atoms with E-state index >= 15 is 0 Å². The molecule has 0 unspecified atom stereocenters. The molecule has 0 aliphatic heterocycles. The Hall–Kier alpha value is -3.99. The zero-order valence-electron chi connectivity index (χ0n) is 15.6. The molecule has 0 bridgehead atoms. The van der Waals surface area contributed by atoms with Gasteiger partial charge in [0.15, 0.2) is 0 Å². The van der Waals surface area contributed by atoms with Crippen molar-refractivity contribution >= 4 is 44.7 Å². The van der Waals surface area contributed by atoms with E-state index in [1.54, 1.807) is 12.5 Å². The maximum atomic E-state index is 12.4. The Balaban J connectivity index is 1.42. The minimum atomic E-state index is -0.200. The molecule has 1 heterocycles. The standard InChI is InChI=1S/C24H18N4O/c29-24(15-28-16-25-22-11-5-6-12-23(22)28)27-26-14-21-19-9-3-1-7-17(19)13-18-8-2-4-10-20(18)21/h1-14,16H,15H2,(H,27,29)/b26-14+. The van der Waals surface area contributed by atoms with Crippen molar-refractivity contribution in [3.05, 3.63) is 90.8 Å². The van der Waals surface area contributed by atoms with Gasteiger partial charge in [-0.15, -0.1) is 0 Å². The fourth-order valence-electron chi connectivity index (χ4n) is 3.68. The van der Waals surface area contributed by atoms with Gasteiger partial charge in [0.05, 0.1) is 23.6 Å². The Kier molecular flexibility index (Phi) is 4.26. The number of para-hydroxylation sites is 2. The average Bonchev–Trinajstić information content (AvgIpc) is 3.16. The highest BCUT2D eigenvalue weighted by Gasteiger charge is 2.07. The van der Waals surface area contributed by atoms with Crippen LogP contribution in [0.25, 0.3) is 32.6 Å². The van der Waals surface area contributed by atoms with Gasteiger partial charge in [-0.05, 0) is 39.7 Å². The Labute approximate surface area is 167 Å². The molecule has 1 N–H and O–H groups in total. The van der Waals surface area contributed by atoms with Crippen molar-refractivity contribution < 1.29 is 4.79 Å². The summed E-state index contributed by atoms with van der Waals surface area (Å²) in [7, 11) is 0. The summed E-state index contributed by atoms with van der Waals surface area (Å²) < 4.78 is 1.81. The molecule has 140 valence electrons. The monoisotopic (exact) mass is 378 g/mol. The second-order valence-electron chi connectivity index (χ2n) is 6.89. The van der Waals surface area contributed by atoms with Crippen LogP contribution in [0.4, 0.5) is 0 Å². The lowest BCUT2D eigenvalue weighted by molar-refractivity contribution is -0.121. The number of benzene rings is 4. The van der Waals surface area contributed by atoms with Crippen LogP contribution in [0.1, 0.15) is 5.56 Å². The van der Waals surface area contributed by atoms with Gasteiger partial charge in [-0.3, -0.25) is 4.79 Å². The van der Waals surface area contributed by atoms with E-state index in [2.05, 4.69) is 45.8 Å². The van der Waals surface area contributed by atoms with Crippen LogP contribution in [0, 0.1) is 0 Å². The molecule has 4 aromatic carbocycles. The minimum Gasteiger partial charge on any atom is -0.321 e. The normalized spacial score (nSPS) is 11.6. The Morgan fingerprint density at radius 1 is 0.931 bits per heavy atom. The Morgan fingerprint density at radius 3 is 2.34 bits per heavy atom. The van der Waals surface area contributed by atoms with E-state index < -0.39 is 0 Å². The molecular weight excluding hydrogens is 360 g/mol. The molecule has 0 atom stereocenters. The van der Waals surface area contributed by atoms with Crippen molar-refractivity contribution in [2.75, 3.05) is 0 Å². The number of imidazole rings is 1. The van der Waals surface area contributed by atoms with Crippen LogP contribution in [0.5, 0.6) is 0 Å². The number of carbonyl (C=O) groups is 1. The summed E-state index contributed by atoms with van der Waals surface area (Å²) in [6.45, 7) is 0.161. The Morgan fingerprint density at radius 2 is 1.59 bits per heavy atom. The van der Waals surface area contributed by atoms with Crippen molar-refractivity contribution in [3.8, 4) is 0 Å². The molecule has 5 nitrogen and oxygen atoms in total. The van der Waals surface area contributed by atoms with E-state index in [4.69, 9.17) is 0 Å². The molecular formula is C24H18N4O. The number of hydrogen-bond acceptors (Lipinski definition) is 3. The molecule has 0 saturated carbocycles. The summed E-state index contributed by atoms with van der Waals surface area (Å²) in [5.74, 6) is -0.200. The predicted octanol–water partition coefficient (Wildman–Crippen LogP) is 4.49. The van der Waals surface area contributed by atoms with Crippen LogP contribution in [-0.2, 0) is 11.3 Å². The van der Waals surface area contributed by atoms with Gasteiger partial charge in [-0.25, -0.2) is 10.4 Å². The predicted molar refractivity (Wildman–Crippen MR) is 117 cm³/mol. The molecule has 5 rings (SSSR count). The number of hydrazone groups is 1. The lowest BCUT2D eigenvalue weighted by Crippen LogP contribution is -2.22. The molecule has 0 radical (unpaired) electrons. The smallest absolute Gasteiger partial charge is 0.260 e. The number of nitrogens with zero attached hydrogens (tertiary/aromatic N) is 3. The molecule has 0 aliphatic rings. The summed E-state index contributed by atoms with van der Waals surface area (Å²) in [6.07, 6.45) is 3.40. The van der Waals surface area contributed by atoms with E-state index in [0.29, 0.717) is 0 Å². The molecule has 0 fully saturated rings. The van der Waals surface area contributed by atoms with E-state index in [0.717, 1.165) is 38.1 Å². The minimum absolute atomic E-state index is 0.161. The first-order valence-electron chi connectivity index (χ1n) is 9.42. The lowest BCUT2D eigenvalue weighted by Gasteiger charge is -2.08. The van der Waals surface area contributed by atoms with Crippen LogP contribution in [0.15, 0.2) is 90.3 Å². The SMILES string of the molecule is O=C(Cn1cnc2ccccc21)N/N=C/c1c2ccccc2cc2ccccc12. The van der Waals surface area contributed by atoms with Gasteiger partial charge < -0.3 is 4.57 Å². The summed E-state index contributed by atoms with van der Waals surface area (Å²) in [4.78, 5) is 16.7. The highest BCUT2D eigenvalue weighted by atomic mass is 16.2. The maximum Gasteiger partial charge on any atom is 0.260 e. The van der Waals surface area contributed by atoms with Gasteiger partial charge >= 0.3 is 0 Å². The third-order valence-corrected chi connectivity index (χ3v) is 5.04. The van der Waals surface area contributed by atoms with Gasteiger partial charge in [0, 0.05) is 5.56 Å². The van der Waals surface area contributed by atoms with Gasteiger partial charge in [-0.2, -0.15) is 5.10 Å². The fourth-order valence-corrected chi connectivity index (χ4v) is 3.68. The van der Waals surface area contributed by atoms with E-state index in [9.17, 15) is 4.79 Å². The highest BCUT2D eigenvalue weighted by Crippen LogP contribution is 2.27. The zero-order chi connectivity index (χ0) is 19.6. The van der Waals surface area contributed by atoms with Crippen molar-refractivity contribution in [2.45, 2.75) is 6.54 Å². The van der Waals surface area contributed by atoms with Gasteiger partial charge in [0.2, 0.25) is 0 Å². The number of hydrogen-bond donors (Lipinski definition) is 1. The average molecular weight is 378 g/mol. The molecule has 0 spiro atoms. The second-order valence-corrected chi connectivity index (χ2v) is 6.89. The summed E-state index contributed by atoms with van der Waals surface area (Å²) in [5, 5.41) is 8.73. The summed E-state index contributed by atoms with van der Waals surface area (Å²) >= 11 is 0. The second kappa shape index (κ2) is 7.20. The lowest BCUT2D eigenvalue weighted by atomic mass is 9.97. The van der Waals surface area contributed by atoms with Crippen molar-refractivity contribution in [3.63, 3.8) is 0 Å². The number of rotatable bonds is 4. The maximum absolute atomic E-state index is 12.4. The number of aromatic nitrogens is 2. The van der Waals surface area contributed by atoms with Gasteiger partial charge in [0.25, 0.3) is 5.91 Å². The van der Waals surface area contributed by atoms with E-state index in [1.807, 2.05) is 53.1 Å². The molecule has 0 saturated heterocycles. The quantitative estimate of drug-likeness (QED) is 0.284. The van der Waals surface area contributed by atoms with Crippen LogP contribution < -0.4 is 5.43 Å². The first kappa shape index (κ1) is 17.1. The third-order valence-electron chi connectivity index (χ3n) is 5.04. The number of nitrogens with one attached hydrogen (secondary N) is 1. The van der Waals surface area contributed by atoms with Crippen molar-refractivity contribution in [2.24, 2.45) is 5.10 Å². The molecule has 1 amide bonds. The van der Waals surface area contributed by atoms with Crippen LogP contribution >= 0.6 is 0 Å². The van der Waals surface area contributed by atoms with Crippen molar-refractivity contribution in [1.82, 2.24) is 15.0 Å². The van der Waals surface area contributed by atoms with Gasteiger partial charge in [0.1, 0.15) is 6.54 Å². The Bertz CT molecular complexity index is 1330.